The third-order valence-electron chi connectivity index (χ3n) is 2.70. The van der Waals surface area contributed by atoms with Crippen LogP contribution in [0.15, 0.2) is 29.0 Å². The van der Waals surface area contributed by atoms with E-state index in [1.807, 2.05) is 13.8 Å². The second-order valence-corrected chi connectivity index (χ2v) is 5.78. The van der Waals surface area contributed by atoms with Gasteiger partial charge in [0.15, 0.2) is 0 Å². The summed E-state index contributed by atoms with van der Waals surface area (Å²) in [4.78, 5) is 18.5. The second-order valence-electron chi connectivity index (χ2n) is 4.51. The van der Waals surface area contributed by atoms with Gasteiger partial charge >= 0.3 is 5.69 Å². The second kappa shape index (κ2) is 6.36. The molecule has 6 nitrogen and oxygen atoms in total. The van der Waals surface area contributed by atoms with Crippen molar-refractivity contribution in [3.05, 3.63) is 49.8 Å². The number of benzene rings is 1. The fourth-order valence-electron chi connectivity index (χ4n) is 1.75. The SMILES string of the molecule is CC(C)c1c(Cl)ncnc1Oc1ccc(Br)cc1[N+](=O)[O-]. The van der Waals surface area contributed by atoms with E-state index in [4.69, 9.17) is 16.3 Å². The van der Waals surface area contributed by atoms with Gasteiger partial charge in [0, 0.05) is 10.5 Å². The fraction of sp³-hybridized carbons (Fsp3) is 0.231. The summed E-state index contributed by atoms with van der Waals surface area (Å²) in [7, 11) is 0. The van der Waals surface area contributed by atoms with E-state index < -0.39 is 4.92 Å². The van der Waals surface area contributed by atoms with Crippen molar-refractivity contribution in [1.82, 2.24) is 9.97 Å². The molecule has 0 saturated heterocycles. The van der Waals surface area contributed by atoms with Gasteiger partial charge in [-0.1, -0.05) is 41.4 Å². The molecule has 21 heavy (non-hydrogen) atoms. The number of aromatic nitrogens is 2. The van der Waals surface area contributed by atoms with Gasteiger partial charge in [0.1, 0.15) is 11.5 Å². The zero-order valence-electron chi connectivity index (χ0n) is 11.2. The molecule has 1 aromatic carbocycles. The van der Waals surface area contributed by atoms with E-state index in [0.717, 1.165) is 0 Å². The lowest BCUT2D eigenvalue weighted by Gasteiger charge is -2.13. The Morgan fingerprint density at radius 3 is 2.71 bits per heavy atom. The molecule has 0 spiro atoms. The Bertz CT molecular complexity index is 694. The molecule has 0 N–H and O–H groups in total. The topological polar surface area (TPSA) is 78.2 Å². The molecule has 0 atom stereocenters. The van der Waals surface area contributed by atoms with E-state index in [1.54, 1.807) is 6.07 Å². The number of halogens is 2. The minimum atomic E-state index is -0.516. The van der Waals surface area contributed by atoms with Crippen LogP contribution in [0.4, 0.5) is 5.69 Å². The highest BCUT2D eigenvalue weighted by Crippen LogP contribution is 2.37. The van der Waals surface area contributed by atoms with E-state index in [-0.39, 0.29) is 28.4 Å². The zero-order chi connectivity index (χ0) is 15.6. The normalized spacial score (nSPS) is 10.7. The maximum Gasteiger partial charge on any atom is 0.312 e. The van der Waals surface area contributed by atoms with Crippen molar-refractivity contribution < 1.29 is 9.66 Å². The van der Waals surface area contributed by atoms with Crippen LogP contribution in [-0.4, -0.2) is 14.9 Å². The van der Waals surface area contributed by atoms with Gasteiger partial charge in [-0.15, -0.1) is 0 Å². The number of nitro groups is 1. The Morgan fingerprint density at radius 2 is 2.10 bits per heavy atom. The molecule has 0 unspecified atom stereocenters. The molecule has 2 aromatic rings. The number of rotatable bonds is 4. The first-order valence-electron chi connectivity index (χ1n) is 6.02. The fourth-order valence-corrected chi connectivity index (χ4v) is 2.44. The van der Waals surface area contributed by atoms with Gasteiger partial charge < -0.3 is 4.74 Å². The number of nitro benzene ring substituents is 1. The largest absolute Gasteiger partial charge is 0.431 e. The van der Waals surface area contributed by atoms with Gasteiger partial charge in [0.25, 0.3) is 0 Å². The van der Waals surface area contributed by atoms with Gasteiger partial charge in [-0.3, -0.25) is 10.1 Å². The first-order chi connectivity index (χ1) is 9.90. The van der Waals surface area contributed by atoms with Crippen LogP contribution in [0.5, 0.6) is 11.6 Å². The third-order valence-corrected chi connectivity index (χ3v) is 3.49. The summed E-state index contributed by atoms with van der Waals surface area (Å²) >= 11 is 9.24. The lowest BCUT2D eigenvalue weighted by Crippen LogP contribution is -2.01. The van der Waals surface area contributed by atoms with Crippen LogP contribution in [0.3, 0.4) is 0 Å². The van der Waals surface area contributed by atoms with Crippen molar-refractivity contribution >= 4 is 33.2 Å². The van der Waals surface area contributed by atoms with Gasteiger partial charge in [-0.25, -0.2) is 9.97 Å². The van der Waals surface area contributed by atoms with Crippen LogP contribution in [0.1, 0.15) is 25.3 Å². The third kappa shape index (κ3) is 3.48. The van der Waals surface area contributed by atoms with Crippen molar-refractivity contribution in [1.29, 1.82) is 0 Å². The molecular formula is C13H11BrClN3O3. The number of nitrogens with zero attached hydrogens (tertiary/aromatic N) is 3. The van der Waals surface area contributed by atoms with Gasteiger partial charge in [-0.05, 0) is 18.1 Å². The van der Waals surface area contributed by atoms with Crippen LogP contribution >= 0.6 is 27.5 Å². The van der Waals surface area contributed by atoms with E-state index in [0.29, 0.717) is 10.0 Å². The van der Waals surface area contributed by atoms with Crippen molar-refractivity contribution in [3.63, 3.8) is 0 Å². The maximum atomic E-state index is 11.1. The summed E-state index contributed by atoms with van der Waals surface area (Å²) in [5.41, 5.74) is 0.449. The molecule has 0 fully saturated rings. The molecule has 0 aliphatic heterocycles. The maximum absolute atomic E-state index is 11.1. The van der Waals surface area contributed by atoms with Crippen LogP contribution < -0.4 is 4.74 Å². The van der Waals surface area contributed by atoms with E-state index in [2.05, 4.69) is 25.9 Å². The molecule has 8 heteroatoms. The van der Waals surface area contributed by atoms with Crippen LogP contribution in [0.25, 0.3) is 0 Å². The minimum absolute atomic E-state index is 0.0169. The monoisotopic (exact) mass is 371 g/mol. The molecule has 0 radical (unpaired) electrons. The number of hydrogen-bond donors (Lipinski definition) is 0. The highest BCUT2D eigenvalue weighted by molar-refractivity contribution is 9.10. The summed E-state index contributed by atoms with van der Waals surface area (Å²) in [6.45, 7) is 3.82. The summed E-state index contributed by atoms with van der Waals surface area (Å²) in [5.74, 6) is 0.332. The Labute approximate surface area is 134 Å². The highest BCUT2D eigenvalue weighted by Gasteiger charge is 2.21. The van der Waals surface area contributed by atoms with E-state index in [1.165, 1.54) is 18.5 Å². The Kier molecular flexibility index (Phi) is 4.74. The van der Waals surface area contributed by atoms with Gasteiger partial charge in [0.2, 0.25) is 11.6 Å². The molecule has 1 aromatic heterocycles. The Morgan fingerprint density at radius 1 is 1.38 bits per heavy atom. The van der Waals surface area contributed by atoms with Crippen LogP contribution in [0.2, 0.25) is 5.15 Å². The van der Waals surface area contributed by atoms with Crippen molar-refractivity contribution in [2.45, 2.75) is 19.8 Å². The summed E-state index contributed by atoms with van der Waals surface area (Å²) in [6, 6.07) is 4.52. The zero-order valence-corrected chi connectivity index (χ0v) is 13.6. The Balaban J connectivity index is 2.49. The molecule has 110 valence electrons. The van der Waals surface area contributed by atoms with Crippen molar-refractivity contribution in [2.24, 2.45) is 0 Å². The minimum Gasteiger partial charge on any atom is -0.431 e. The molecule has 0 amide bonds. The molecule has 1 heterocycles. The van der Waals surface area contributed by atoms with Crippen molar-refractivity contribution in [3.8, 4) is 11.6 Å². The van der Waals surface area contributed by atoms with Crippen LogP contribution in [0, 0.1) is 10.1 Å². The van der Waals surface area contributed by atoms with Crippen LogP contribution in [-0.2, 0) is 0 Å². The predicted octanol–water partition coefficient (Wildman–Crippen LogP) is 4.72. The molecule has 0 bridgehead atoms. The van der Waals surface area contributed by atoms with Crippen molar-refractivity contribution in [2.75, 3.05) is 0 Å². The highest BCUT2D eigenvalue weighted by atomic mass is 79.9. The van der Waals surface area contributed by atoms with Gasteiger partial charge in [-0.2, -0.15) is 0 Å². The molecule has 2 rings (SSSR count). The molecule has 0 aliphatic rings. The lowest BCUT2D eigenvalue weighted by molar-refractivity contribution is -0.385. The Hall–Kier alpha value is -1.73. The molecule has 0 saturated carbocycles. The summed E-state index contributed by atoms with van der Waals surface area (Å²) in [5, 5.41) is 11.4. The standard InChI is InChI=1S/C13H11BrClN3O3/c1-7(2)11-12(15)16-6-17-13(11)21-10-4-3-8(14)5-9(10)18(19)20/h3-7H,1-2H3. The average molecular weight is 373 g/mol. The van der Waals surface area contributed by atoms with E-state index in [9.17, 15) is 10.1 Å². The number of hydrogen-bond acceptors (Lipinski definition) is 5. The van der Waals surface area contributed by atoms with E-state index >= 15 is 0 Å². The molecule has 0 aliphatic carbocycles. The molecular weight excluding hydrogens is 362 g/mol. The quantitative estimate of drug-likeness (QED) is 0.441. The lowest BCUT2D eigenvalue weighted by atomic mass is 10.1. The smallest absolute Gasteiger partial charge is 0.312 e. The predicted molar refractivity (Wildman–Crippen MR) is 82.0 cm³/mol. The average Bonchev–Trinajstić information content (AvgIpc) is 2.40. The summed E-state index contributed by atoms with van der Waals surface area (Å²) < 4.78 is 6.19. The van der Waals surface area contributed by atoms with Gasteiger partial charge in [0.05, 0.1) is 10.5 Å². The first-order valence-corrected chi connectivity index (χ1v) is 7.19. The summed E-state index contributed by atoms with van der Waals surface area (Å²) in [6.07, 6.45) is 1.26. The number of ether oxygens (including phenoxy) is 1. The first kappa shape index (κ1) is 15.7.